The molecule has 0 bridgehead atoms. The lowest BCUT2D eigenvalue weighted by Crippen LogP contribution is -2.32. The molecule has 7 heteroatoms. The van der Waals surface area contributed by atoms with Gasteiger partial charge in [-0.1, -0.05) is 5.16 Å². The molecular formula is C9H15N5O2. The topological polar surface area (TPSA) is 106 Å². The fourth-order valence-corrected chi connectivity index (χ4v) is 1.07. The molecule has 0 spiro atoms. The maximum atomic E-state index is 11.6. The number of carbonyl (C=O) groups excluding carboxylic acids is 1. The van der Waals surface area contributed by atoms with Gasteiger partial charge in [-0.2, -0.15) is 5.10 Å². The predicted octanol–water partition coefficient (Wildman–Crippen LogP) is 0.224. The van der Waals surface area contributed by atoms with Crippen molar-refractivity contribution in [1.29, 1.82) is 0 Å². The third-order valence-electron chi connectivity index (χ3n) is 2.18. The smallest absolute Gasteiger partial charge is 0.235 e. The van der Waals surface area contributed by atoms with E-state index >= 15 is 0 Å². The number of amides is 1. The molecular weight excluding hydrogens is 210 g/mol. The van der Waals surface area contributed by atoms with Crippen molar-refractivity contribution in [2.75, 3.05) is 5.32 Å². The molecule has 7 nitrogen and oxygen atoms in total. The Labute approximate surface area is 92.9 Å². The summed E-state index contributed by atoms with van der Waals surface area (Å²) in [5.74, 6) is -1.15. The Bertz CT molecular complexity index is 398. The molecule has 4 N–H and O–H groups in total. The van der Waals surface area contributed by atoms with Crippen molar-refractivity contribution in [3.05, 3.63) is 12.4 Å². The van der Waals surface area contributed by atoms with Gasteiger partial charge in [-0.3, -0.25) is 9.48 Å². The van der Waals surface area contributed by atoms with E-state index in [-0.39, 0.29) is 11.7 Å². The third-order valence-corrected chi connectivity index (χ3v) is 2.18. The van der Waals surface area contributed by atoms with Crippen LogP contribution in [0.5, 0.6) is 0 Å². The number of rotatable bonds is 4. The van der Waals surface area contributed by atoms with Gasteiger partial charge in [-0.05, 0) is 13.8 Å². The second-order valence-corrected chi connectivity index (χ2v) is 3.32. The molecule has 0 aliphatic heterocycles. The summed E-state index contributed by atoms with van der Waals surface area (Å²) < 4.78 is 1.68. The minimum Gasteiger partial charge on any atom is -0.409 e. The molecule has 0 fully saturated rings. The highest BCUT2D eigenvalue weighted by molar-refractivity contribution is 6.07. The SMILES string of the molecule is CCn1cc(NC(=O)C(C)C(N)=NO)cn1. The van der Waals surface area contributed by atoms with E-state index in [1.54, 1.807) is 24.0 Å². The van der Waals surface area contributed by atoms with E-state index < -0.39 is 5.92 Å². The predicted molar refractivity (Wildman–Crippen MR) is 59.1 cm³/mol. The fraction of sp³-hybridized carbons (Fsp3) is 0.444. The average Bonchev–Trinajstić information content (AvgIpc) is 2.74. The van der Waals surface area contributed by atoms with E-state index in [0.717, 1.165) is 6.54 Å². The first kappa shape index (κ1) is 12.0. The zero-order valence-electron chi connectivity index (χ0n) is 9.21. The second kappa shape index (κ2) is 5.15. The lowest BCUT2D eigenvalue weighted by molar-refractivity contribution is -0.117. The van der Waals surface area contributed by atoms with Gasteiger partial charge in [-0.15, -0.1) is 0 Å². The van der Waals surface area contributed by atoms with Crippen LogP contribution in [0.3, 0.4) is 0 Å². The van der Waals surface area contributed by atoms with E-state index in [0.29, 0.717) is 5.69 Å². The Hall–Kier alpha value is -2.05. The highest BCUT2D eigenvalue weighted by atomic mass is 16.4. The number of oxime groups is 1. The van der Waals surface area contributed by atoms with Crippen LogP contribution in [-0.2, 0) is 11.3 Å². The number of amidine groups is 1. The van der Waals surface area contributed by atoms with Crippen LogP contribution in [0.4, 0.5) is 5.69 Å². The van der Waals surface area contributed by atoms with E-state index in [9.17, 15) is 4.79 Å². The lowest BCUT2D eigenvalue weighted by Gasteiger charge is -2.08. The highest BCUT2D eigenvalue weighted by Crippen LogP contribution is 2.07. The number of nitrogens with one attached hydrogen (secondary N) is 1. The van der Waals surface area contributed by atoms with Gasteiger partial charge in [-0.25, -0.2) is 0 Å². The molecule has 0 saturated heterocycles. The van der Waals surface area contributed by atoms with Gasteiger partial charge >= 0.3 is 0 Å². The Morgan fingerprint density at radius 3 is 3.00 bits per heavy atom. The summed E-state index contributed by atoms with van der Waals surface area (Å²) in [5.41, 5.74) is 5.91. The number of anilines is 1. The minimum absolute atomic E-state index is 0.125. The van der Waals surface area contributed by atoms with Gasteiger partial charge in [0.2, 0.25) is 5.91 Å². The second-order valence-electron chi connectivity index (χ2n) is 3.32. The number of aryl methyl sites for hydroxylation is 1. The minimum atomic E-state index is -0.685. The number of hydrogen-bond donors (Lipinski definition) is 3. The maximum Gasteiger partial charge on any atom is 0.235 e. The quantitative estimate of drug-likeness (QED) is 0.295. The molecule has 0 radical (unpaired) electrons. The van der Waals surface area contributed by atoms with Gasteiger partial charge in [0.25, 0.3) is 0 Å². The molecule has 88 valence electrons. The van der Waals surface area contributed by atoms with Gasteiger partial charge in [0.1, 0.15) is 0 Å². The summed E-state index contributed by atoms with van der Waals surface area (Å²) in [7, 11) is 0. The van der Waals surface area contributed by atoms with Crippen LogP contribution in [0.25, 0.3) is 0 Å². The summed E-state index contributed by atoms with van der Waals surface area (Å²) in [6.45, 7) is 4.22. The number of nitrogens with two attached hydrogens (primary N) is 1. The van der Waals surface area contributed by atoms with Crippen LogP contribution in [0.2, 0.25) is 0 Å². The molecule has 1 rings (SSSR count). The molecule has 0 aromatic carbocycles. The molecule has 0 saturated carbocycles. The first-order chi connectivity index (χ1) is 7.58. The van der Waals surface area contributed by atoms with Crippen LogP contribution in [0, 0.1) is 5.92 Å². The molecule has 1 heterocycles. The van der Waals surface area contributed by atoms with Crippen molar-refractivity contribution >= 4 is 17.4 Å². The third kappa shape index (κ3) is 2.72. The number of nitrogens with zero attached hydrogens (tertiary/aromatic N) is 3. The number of aromatic nitrogens is 2. The molecule has 1 aromatic heterocycles. The van der Waals surface area contributed by atoms with Crippen molar-refractivity contribution in [1.82, 2.24) is 9.78 Å². The number of carbonyl (C=O) groups is 1. The monoisotopic (exact) mass is 225 g/mol. The summed E-state index contributed by atoms with van der Waals surface area (Å²) >= 11 is 0. The van der Waals surface area contributed by atoms with Gasteiger partial charge in [0.15, 0.2) is 5.84 Å². The first-order valence-corrected chi connectivity index (χ1v) is 4.89. The molecule has 0 aliphatic rings. The molecule has 0 aliphatic carbocycles. The van der Waals surface area contributed by atoms with E-state index in [4.69, 9.17) is 10.9 Å². The Balaban J connectivity index is 2.64. The standard InChI is InChI=1S/C9H15N5O2/c1-3-14-5-7(4-11-14)12-9(15)6(2)8(10)13-16/h4-6,16H,3H2,1-2H3,(H2,10,13)(H,12,15). The zero-order valence-corrected chi connectivity index (χ0v) is 9.21. The fourth-order valence-electron chi connectivity index (χ4n) is 1.07. The van der Waals surface area contributed by atoms with E-state index in [1.807, 2.05) is 6.92 Å². The summed E-state index contributed by atoms with van der Waals surface area (Å²) in [5, 5.41) is 17.8. The van der Waals surface area contributed by atoms with Crippen LogP contribution < -0.4 is 11.1 Å². The molecule has 16 heavy (non-hydrogen) atoms. The largest absolute Gasteiger partial charge is 0.409 e. The van der Waals surface area contributed by atoms with Crippen LogP contribution in [-0.4, -0.2) is 26.7 Å². The zero-order chi connectivity index (χ0) is 12.1. The van der Waals surface area contributed by atoms with E-state index in [1.165, 1.54) is 0 Å². The van der Waals surface area contributed by atoms with Crippen LogP contribution in [0.1, 0.15) is 13.8 Å². The van der Waals surface area contributed by atoms with Crippen LogP contribution >= 0.6 is 0 Å². The van der Waals surface area contributed by atoms with Crippen LogP contribution in [0.15, 0.2) is 17.5 Å². The molecule has 1 unspecified atom stereocenters. The van der Waals surface area contributed by atoms with Crippen molar-refractivity contribution in [2.45, 2.75) is 20.4 Å². The molecule has 1 amide bonds. The van der Waals surface area contributed by atoms with Gasteiger partial charge in [0, 0.05) is 12.7 Å². The lowest BCUT2D eigenvalue weighted by atomic mass is 10.1. The van der Waals surface area contributed by atoms with Crippen molar-refractivity contribution < 1.29 is 10.0 Å². The highest BCUT2D eigenvalue weighted by Gasteiger charge is 2.17. The van der Waals surface area contributed by atoms with Crippen molar-refractivity contribution in [3.8, 4) is 0 Å². The number of hydrogen-bond acceptors (Lipinski definition) is 4. The summed E-state index contributed by atoms with van der Waals surface area (Å²) in [4.78, 5) is 11.6. The van der Waals surface area contributed by atoms with E-state index in [2.05, 4.69) is 15.6 Å². The Kier molecular flexibility index (Phi) is 3.87. The van der Waals surface area contributed by atoms with Crippen molar-refractivity contribution in [2.24, 2.45) is 16.8 Å². The molecule has 1 atom stereocenters. The Morgan fingerprint density at radius 2 is 2.50 bits per heavy atom. The summed E-state index contributed by atoms with van der Waals surface area (Å²) in [6, 6.07) is 0. The normalized spacial score (nSPS) is 13.5. The first-order valence-electron chi connectivity index (χ1n) is 4.89. The average molecular weight is 225 g/mol. The van der Waals surface area contributed by atoms with Gasteiger partial charge in [0.05, 0.1) is 17.8 Å². The maximum absolute atomic E-state index is 11.6. The van der Waals surface area contributed by atoms with Crippen molar-refractivity contribution in [3.63, 3.8) is 0 Å². The van der Waals surface area contributed by atoms with Gasteiger partial charge < -0.3 is 16.3 Å². The Morgan fingerprint density at radius 1 is 1.81 bits per heavy atom. The summed E-state index contributed by atoms with van der Waals surface area (Å²) in [6.07, 6.45) is 3.25. The molecule has 1 aromatic rings.